The van der Waals surface area contributed by atoms with Crippen LogP contribution in [0.5, 0.6) is 0 Å². The molecule has 16 heavy (non-hydrogen) atoms. The number of carboxylic acids is 1. The van der Waals surface area contributed by atoms with Gasteiger partial charge in [0.2, 0.25) is 5.13 Å². The summed E-state index contributed by atoms with van der Waals surface area (Å²) < 4.78 is 4.17. The number of aromatic nitrogens is 2. The number of carboxylic acid groups (broad SMARTS) is 1. The fraction of sp³-hybridized carbons (Fsp3) is 0.700. The Morgan fingerprint density at radius 1 is 1.69 bits per heavy atom. The zero-order valence-corrected chi connectivity index (χ0v) is 9.96. The molecular weight excluding hydrogens is 226 g/mol. The maximum absolute atomic E-state index is 11.0. The Morgan fingerprint density at radius 3 is 3.00 bits per heavy atom. The van der Waals surface area contributed by atoms with Crippen LogP contribution in [0.1, 0.15) is 32.0 Å². The lowest BCUT2D eigenvalue weighted by molar-refractivity contribution is -0.138. The zero-order chi connectivity index (χ0) is 11.5. The maximum Gasteiger partial charge on any atom is 0.326 e. The van der Waals surface area contributed by atoms with Gasteiger partial charge in [0.25, 0.3) is 0 Å². The van der Waals surface area contributed by atoms with E-state index in [-0.39, 0.29) is 5.92 Å². The minimum absolute atomic E-state index is 0.260. The lowest BCUT2D eigenvalue weighted by atomic mass is 10.2. The molecular formula is C10H15N3O2S. The second-order valence-electron chi connectivity index (χ2n) is 4.06. The molecule has 1 atom stereocenters. The molecule has 0 bridgehead atoms. The summed E-state index contributed by atoms with van der Waals surface area (Å²) in [6, 6.07) is -0.498. The smallest absolute Gasteiger partial charge is 0.326 e. The van der Waals surface area contributed by atoms with Crippen LogP contribution in [0, 0.1) is 5.92 Å². The van der Waals surface area contributed by atoms with Crippen molar-refractivity contribution in [1.82, 2.24) is 9.36 Å². The average Bonchev–Trinajstić information content (AvgIpc) is 2.97. The molecule has 0 spiro atoms. The highest BCUT2D eigenvalue weighted by molar-refractivity contribution is 7.09. The molecule has 0 aromatic carbocycles. The van der Waals surface area contributed by atoms with Gasteiger partial charge in [-0.2, -0.15) is 4.37 Å². The molecule has 1 fully saturated rings. The van der Waals surface area contributed by atoms with Gasteiger partial charge in [-0.1, -0.05) is 6.92 Å². The molecule has 1 aromatic rings. The molecule has 1 aliphatic carbocycles. The van der Waals surface area contributed by atoms with E-state index in [1.807, 2.05) is 0 Å². The Hall–Kier alpha value is -1.17. The molecule has 5 nitrogen and oxygen atoms in total. The van der Waals surface area contributed by atoms with Crippen molar-refractivity contribution >= 4 is 22.6 Å². The molecule has 1 heterocycles. The van der Waals surface area contributed by atoms with Crippen molar-refractivity contribution in [2.75, 3.05) is 5.32 Å². The Balaban J connectivity index is 1.98. The van der Waals surface area contributed by atoms with Crippen LogP contribution in [0.15, 0.2) is 0 Å². The van der Waals surface area contributed by atoms with Crippen LogP contribution in [0.3, 0.4) is 0 Å². The van der Waals surface area contributed by atoms with Crippen molar-refractivity contribution in [3.05, 3.63) is 5.82 Å². The fourth-order valence-electron chi connectivity index (χ4n) is 1.58. The van der Waals surface area contributed by atoms with Gasteiger partial charge in [0, 0.05) is 18.0 Å². The second-order valence-corrected chi connectivity index (χ2v) is 4.82. The molecule has 1 aromatic heterocycles. The van der Waals surface area contributed by atoms with E-state index in [4.69, 9.17) is 5.11 Å². The first-order valence-corrected chi connectivity index (χ1v) is 6.30. The third-order valence-corrected chi connectivity index (χ3v) is 3.26. The van der Waals surface area contributed by atoms with E-state index in [1.165, 1.54) is 11.5 Å². The normalized spacial score (nSPS) is 17.1. The van der Waals surface area contributed by atoms with Gasteiger partial charge in [-0.25, -0.2) is 9.78 Å². The Labute approximate surface area is 98.1 Å². The van der Waals surface area contributed by atoms with Gasteiger partial charge in [-0.3, -0.25) is 0 Å². The molecule has 0 amide bonds. The van der Waals surface area contributed by atoms with Gasteiger partial charge >= 0.3 is 5.97 Å². The molecule has 0 saturated heterocycles. The number of nitrogens with zero attached hydrogens (tertiary/aromatic N) is 2. The van der Waals surface area contributed by atoms with Crippen LogP contribution < -0.4 is 5.32 Å². The third kappa shape index (κ3) is 2.69. The Kier molecular flexibility index (Phi) is 3.38. The van der Waals surface area contributed by atoms with Crippen molar-refractivity contribution in [3.8, 4) is 0 Å². The standard InChI is InChI=1S/C10H15N3O2S/c1-2-3-7-11-10(16-13-7)12-8(9(14)15)6-4-5-6/h6,8H,2-5H2,1H3,(H,14,15)(H,11,12,13). The first-order valence-electron chi connectivity index (χ1n) is 5.52. The maximum atomic E-state index is 11.0. The van der Waals surface area contributed by atoms with E-state index in [0.717, 1.165) is 31.5 Å². The highest BCUT2D eigenvalue weighted by atomic mass is 32.1. The molecule has 2 rings (SSSR count). The number of anilines is 1. The number of hydrogen-bond acceptors (Lipinski definition) is 5. The van der Waals surface area contributed by atoms with E-state index in [0.29, 0.717) is 5.13 Å². The van der Waals surface area contributed by atoms with Crippen molar-refractivity contribution < 1.29 is 9.90 Å². The van der Waals surface area contributed by atoms with E-state index < -0.39 is 12.0 Å². The highest BCUT2D eigenvalue weighted by Crippen LogP contribution is 2.34. The van der Waals surface area contributed by atoms with Crippen molar-refractivity contribution in [2.24, 2.45) is 5.92 Å². The average molecular weight is 241 g/mol. The van der Waals surface area contributed by atoms with Crippen LogP contribution in [0.4, 0.5) is 5.13 Å². The number of aryl methyl sites for hydroxylation is 1. The van der Waals surface area contributed by atoms with Crippen molar-refractivity contribution in [3.63, 3.8) is 0 Å². The summed E-state index contributed by atoms with van der Waals surface area (Å²) in [7, 11) is 0. The Morgan fingerprint density at radius 2 is 2.44 bits per heavy atom. The summed E-state index contributed by atoms with van der Waals surface area (Å²) in [4.78, 5) is 15.3. The van der Waals surface area contributed by atoms with Crippen LogP contribution >= 0.6 is 11.5 Å². The zero-order valence-electron chi connectivity index (χ0n) is 9.14. The second kappa shape index (κ2) is 4.78. The summed E-state index contributed by atoms with van der Waals surface area (Å²) in [5.41, 5.74) is 0. The first kappa shape index (κ1) is 11.3. The molecule has 1 saturated carbocycles. The van der Waals surface area contributed by atoms with Crippen LogP contribution in [-0.4, -0.2) is 26.5 Å². The summed E-state index contributed by atoms with van der Waals surface area (Å²) in [6.07, 6.45) is 3.83. The van der Waals surface area contributed by atoms with E-state index in [1.54, 1.807) is 0 Å². The van der Waals surface area contributed by atoms with Gasteiger partial charge in [-0.05, 0) is 25.2 Å². The molecule has 0 radical (unpaired) electrons. The third-order valence-electron chi connectivity index (χ3n) is 2.58. The molecule has 1 aliphatic rings. The monoisotopic (exact) mass is 241 g/mol. The highest BCUT2D eigenvalue weighted by Gasteiger charge is 2.36. The van der Waals surface area contributed by atoms with Crippen molar-refractivity contribution in [2.45, 2.75) is 38.6 Å². The number of rotatable bonds is 6. The van der Waals surface area contributed by atoms with E-state index in [2.05, 4.69) is 21.6 Å². The van der Waals surface area contributed by atoms with Crippen LogP contribution in [0.25, 0.3) is 0 Å². The number of aliphatic carboxylic acids is 1. The number of hydrogen-bond donors (Lipinski definition) is 2. The number of nitrogens with one attached hydrogen (secondary N) is 1. The summed E-state index contributed by atoms with van der Waals surface area (Å²) >= 11 is 1.24. The minimum Gasteiger partial charge on any atom is -0.480 e. The quantitative estimate of drug-likeness (QED) is 0.793. The number of carbonyl (C=O) groups is 1. The lowest BCUT2D eigenvalue weighted by Gasteiger charge is -2.11. The van der Waals surface area contributed by atoms with Crippen LogP contribution in [-0.2, 0) is 11.2 Å². The summed E-state index contributed by atoms with van der Waals surface area (Å²) in [5, 5.41) is 12.6. The molecule has 6 heteroatoms. The first-order chi connectivity index (χ1) is 7.70. The fourth-order valence-corrected chi connectivity index (χ4v) is 2.23. The van der Waals surface area contributed by atoms with Gasteiger partial charge in [-0.15, -0.1) is 0 Å². The van der Waals surface area contributed by atoms with E-state index >= 15 is 0 Å². The predicted molar refractivity (Wildman–Crippen MR) is 61.7 cm³/mol. The van der Waals surface area contributed by atoms with Gasteiger partial charge < -0.3 is 10.4 Å². The van der Waals surface area contributed by atoms with Gasteiger partial charge in [0.1, 0.15) is 11.9 Å². The minimum atomic E-state index is -0.797. The van der Waals surface area contributed by atoms with Gasteiger partial charge in [0.15, 0.2) is 0 Å². The topological polar surface area (TPSA) is 75.1 Å². The molecule has 1 unspecified atom stereocenters. The largest absolute Gasteiger partial charge is 0.480 e. The van der Waals surface area contributed by atoms with Crippen LogP contribution in [0.2, 0.25) is 0 Å². The van der Waals surface area contributed by atoms with Crippen molar-refractivity contribution in [1.29, 1.82) is 0 Å². The molecule has 2 N–H and O–H groups in total. The Bertz CT molecular complexity index is 376. The summed E-state index contributed by atoms with van der Waals surface area (Å²) in [6.45, 7) is 2.07. The summed E-state index contributed by atoms with van der Waals surface area (Å²) in [5.74, 6) is 0.265. The van der Waals surface area contributed by atoms with Gasteiger partial charge in [0.05, 0.1) is 0 Å². The van der Waals surface area contributed by atoms with E-state index in [9.17, 15) is 4.79 Å². The SMILES string of the molecule is CCCc1nsc(NC(C(=O)O)C2CC2)n1. The molecule has 0 aliphatic heterocycles. The molecule has 88 valence electrons. The predicted octanol–water partition coefficient (Wildman–Crippen LogP) is 1.77. The lowest BCUT2D eigenvalue weighted by Crippen LogP contribution is -2.31.